The summed E-state index contributed by atoms with van der Waals surface area (Å²) >= 11 is 3.52. The fraction of sp³-hybridized carbons (Fsp3) is 0.289. The topological polar surface area (TPSA) is 111 Å². The molecule has 1 atom stereocenters. The molecule has 5 aromatic rings. The Morgan fingerprint density at radius 2 is 1.84 bits per heavy atom. The van der Waals surface area contributed by atoms with Gasteiger partial charge in [0.05, 0.1) is 30.2 Å². The minimum atomic E-state index is -0.424. The molecule has 0 saturated heterocycles. The maximum atomic E-state index is 14.3. The quantitative estimate of drug-likeness (QED) is 0.191. The summed E-state index contributed by atoms with van der Waals surface area (Å²) in [4.78, 5) is 52.5. The van der Waals surface area contributed by atoms with Gasteiger partial charge in [0, 0.05) is 46.3 Å². The van der Waals surface area contributed by atoms with Crippen LogP contribution in [0.15, 0.2) is 94.6 Å². The number of rotatable bonds is 9. The van der Waals surface area contributed by atoms with Gasteiger partial charge in [0.15, 0.2) is 0 Å². The zero-order valence-electron chi connectivity index (χ0n) is 27.6. The normalized spacial score (nSPS) is 16.2. The van der Waals surface area contributed by atoms with Crippen LogP contribution < -0.4 is 15.7 Å². The Morgan fingerprint density at radius 1 is 1.06 bits per heavy atom. The second-order valence-electron chi connectivity index (χ2n) is 13.3. The average molecular weight is 722 g/mol. The predicted molar refractivity (Wildman–Crippen MR) is 190 cm³/mol. The van der Waals surface area contributed by atoms with Crippen LogP contribution in [0.3, 0.4) is 0 Å². The zero-order chi connectivity index (χ0) is 34.3. The lowest BCUT2D eigenvalue weighted by Gasteiger charge is -2.34. The van der Waals surface area contributed by atoms with Crippen LogP contribution in [0.2, 0.25) is 0 Å². The predicted octanol–water partition coefficient (Wildman–Crippen LogP) is 6.32. The number of carbonyl (C=O) groups excluding carboxylic acids is 2. The first-order chi connectivity index (χ1) is 23.6. The summed E-state index contributed by atoms with van der Waals surface area (Å²) in [6, 6.07) is 22.0. The van der Waals surface area contributed by atoms with E-state index in [0.717, 1.165) is 39.7 Å². The number of nitrogens with one attached hydrogen (secondary N) is 1. The van der Waals surface area contributed by atoms with E-state index < -0.39 is 5.91 Å². The van der Waals surface area contributed by atoms with E-state index in [2.05, 4.69) is 38.1 Å². The molecule has 1 fully saturated rings. The van der Waals surface area contributed by atoms with Crippen molar-refractivity contribution in [3.8, 4) is 22.7 Å². The lowest BCUT2D eigenvalue weighted by Crippen LogP contribution is -2.47. The van der Waals surface area contributed by atoms with Gasteiger partial charge >= 0.3 is 5.69 Å². The lowest BCUT2D eigenvalue weighted by atomic mass is 10.0. The third kappa shape index (κ3) is 6.55. The maximum Gasteiger partial charge on any atom is 0.333 e. The van der Waals surface area contributed by atoms with Crippen molar-refractivity contribution in [2.75, 3.05) is 6.61 Å². The molecule has 0 spiro atoms. The van der Waals surface area contributed by atoms with E-state index in [0.29, 0.717) is 29.3 Å². The second kappa shape index (κ2) is 13.1. The number of benzene rings is 3. The van der Waals surface area contributed by atoms with Gasteiger partial charge in [0.2, 0.25) is 0 Å². The van der Waals surface area contributed by atoms with Crippen molar-refractivity contribution in [1.29, 1.82) is 0 Å². The molecular formula is C38H37BrN6O4. The van der Waals surface area contributed by atoms with E-state index in [1.54, 1.807) is 33.9 Å². The van der Waals surface area contributed by atoms with Crippen LogP contribution in [0.1, 0.15) is 64.4 Å². The summed E-state index contributed by atoms with van der Waals surface area (Å²) in [6.45, 7) is 7.24. The third-order valence-corrected chi connectivity index (χ3v) is 10.4. The number of amides is 2. The van der Waals surface area contributed by atoms with Crippen LogP contribution in [0.5, 0.6) is 5.75 Å². The standard InChI is InChI=1S/C38H37BrN6O4/c1-24-18-26(8-13-31(24)39)36(47)43-21-33-34(35(46)41-19-27-6-4-5-7-30(27)32-14-17-40-23-42-32)45(37(48)44(33)20-25(43)2)28-9-11-29(12-10-28)49-22-38(3)15-16-38/h4-14,17-18,23,25H,15-16,19-22H2,1-3H3,(H,41,46)/t25-/m0/s1. The number of aromatic nitrogens is 4. The highest BCUT2D eigenvalue weighted by molar-refractivity contribution is 9.10. The highest BCUT2D eigenvalue weighted by Crippen LogP contribution is 2.45. The highest BCUT2D eigenvalue weighted by Gasteiger charge is 2.38. The van der Waals surface area contributed by atoms with E-state index in [-0.39, 0.29) is 48.4 Å². The van der Waals surface area contributed by atoms with E-state index in [4.69, 9.17) is 4.74 Å². The second-order valence-corrected chi connectivity index (χ2v) is 14.2. The van der Waals surface area contributed by atoms with E-state index in [1.165, 1.54) is 10.9 Å². The first kappa shape index (κ1) is 32.5. The summed E-state index contributed by atoms with van der Waals surface area (Å²) in [7, 11) is 0. The first-order valence-electron chi connectivity index (χ1n) is 16.4. The van der Waals surface area contributed by atoms with Gasteiger partial charge in [0.1, 0.15) is 17.8 Å². The molecule has 1 aliphatic carbocycles. The zero-order valence-corrected chi connectivity index (χ0v) is 29.2. The summed E-state index contributed by atoms with van der Waals surface area (Å²) in [5.41, 5.74) is 5.06. The minimum Gasteiger partial charge on any atom is -0.493 e. The van der Waals surface area contributed by atoms with Gasteiger partial charge < -0.3 is 15.0 Å². The summed E-state index contributed by atoms with van der Waals surface area (Å²) in [5.74, 6) is 0.119. The molecule has 1 N–H and O–H groups in total. The Balaban J connectivity index is 1.24. The van der Waals surface area contributed by atoms with Gasteiger partial charge in [-0.3, -0.25) is 18.7 Å². The largest absolute Gasteiger partial charge is 0.493 e. The number of hydrogen-bond acceptors (Lipinski definition) is 6. The van der Waals surface area contributed by atoms with Crippen LogP contribution in [0.4, 0.5) is 0 Å². The molecule has 11 heteroatoms. The number of ether oxygens (including phenoxy) is 1. The molecule has 0 bridgehead atoms. The fourth-order valence-electron chi connectivity index (χ4n) is 6.25. The van der Waals surface area contributed by atoms with E-state index in [1.807, 2.05) is 68.4 Å². The SMILES string of the molecule is Cc1cc(C(=O)N2Cc3c(C(=O)NCc4ccccc4-c4ccncn4)n(-c4ccc(OCC5(C)CC5)cc4)c(=O)n3C[C@@H]2C)ccc1Br. The molecular weight excluding hydrogens is 684 g/mol. The Morgan fingerprint density at radius 3 is 2.55 bits per heavy atom. The maximum absolute atomic E-state index is 14.3. The van der Waals surface area contributed by atoms with Crippen molar-refractivity contribution >= 4 is 27.7 Å². The van der Waals surface area contributed by atoms with E-state index in [9.17, 15) is 14.4 Å². The fourth-order valence-corrected chi connectivity index (χ4v) is 6.49. The molecule has 3 aromatic carbocycles. The van der Waals surface area contributed by atoms with Gasteiger partial charge in [0.25, 0.3) is 11.8 Å². The first-order valence-corrected chi connectivity index (χ1v) is 17.2. The van der Waals surface area contributed by atoms with Crippen molar-refractivity contribution in [3.63, 3.8) is 0 Å². The third-order valence-electron chi connectivity index (χ3n) is 9.53. The van der Waals surface area contributed by atoms with Gasteiger partial charge in [-0.2, -0.15) is 0 Å². The van der Waals surface area contributed by atoms with Crippen LogP contribution in [0, 0.1) is 12.3 Å². The summed E-state index contributed by atoms with van der Waals surface area (Å²) < 4.78 is 10.0. The van der Waals surface area contributed by atoms with Crippen LogP contribution >= 0.6 is 15.9 Å². The number of fused-ring (bicyclic) bond motifs is 1. The molecule has 2 amide bonds. The van der Waals surface area contributed by atoms with Gasteiger partial charge in [-0.25, -0.2) is 14.8 Å². The van der Waals surface area contributed by atoms with Gasteiger partial charge in [-0.05, 0) is 86.3 Å². The van der Waals surface area contributed by atoms with Gasteiger partial charge in [-0.1, -0.05) is 47.1 Å². The molecule has 7 rings (SSSR count). The highest BCUT2D eigenvalue weighted by atomic mass is 79.9. The molecule has 3 heterocycles. The number of hydrogen-bond donors (Lipinski definition) is 1. The summed E-state index contributed by atoms with van der Waals surface area (Å²) in [5, 5.41) is 3.07. The van der Waals surface area contributed by atoms with Crippen molar-refractivity contribution in [2.24, 2.45) is 5.41 Å². The van der Waals surface area contributed by atoms with Gasteiger partial charge in [-0.15, -0.1) is 0 Å². The van der Waals surface area contributed by atoms with Crippen molar-refractivity contribution < 1.29 is 14.3 Å². The van der Waals surface area contributed by atoms with Crippen LogP contribution in [-0.2, 0) is 19.6 Å². The average Bonchev–Trinajstić information content (AvgIpc) is 3.80. The molecule has 49 heavy (non-hydrogen) atoms. The summed E-state index contributed by atoms with van der Waals surface area (Å²) in [6.07, 6.45) is 5.47. The number of halogens is 1. The molecule has 1 aliphatic heterocycles. The molecule has 2 aromatic heterocycles. The van der Waals surface area contributed by atoms with Crippen LogP contribution in [0.25, 0.3) is 16.9 Å². The number of carbonyl (C=O) groups is 2. The molecule has 2 aliphatic rings. The number of nitrogens with zero attached hydrogens (tertiary/aromatic N) is 5. The Hall–Kier alpha value is -5.03. The Kier molecular flexibility index (Phi) is 8.70. The molecule has 0 radical (unpaired) electrons. The van der Waals surface area contributed by atoms with Crippen molar-refractivity contribution in [3.05, 3.63) is 128 Å². The monoisotopic (exact) mass is 720 g/mol. The Labute approximate surface area is 292 Å². The molecule has 0 unspecified atom stereocenters. The van der Waals surface area contributed by atoms with Crippen LogP contribution in [-0.4, -0.2) is 48.5 Å². The van der Waals surface area contributed by atoms with Crippen molar-refractivity contribution in [2.45, 2.75) is 59.3 Å². The molecule has 1 saturated carbocycles. The van der Waals surface area contributed by atoms with E-state index >= 15 is 0 Å². The smallest absolute Gasteiger partial charge is 0.333 e. The minimum absolute atomic E-state index is 0.0946. The Bertz CT molecular complexity index is 2100. The van der Waals surface area contributed by atoms with Crippen molar-refractivity contribution in [1.82, 2.24) is 29.3 Å². The lowest BCUT2D eigenvalue weighted by molar-refractivity contribution is 0.0610. The number of imidazole rings is 1. The number of aryl methyl sites for hydroxylation is 1. The molecule has 250 valence electrons. The molecule has 10 nitrogen and oxygen atoms in total.